The third-order valence-corrected chi connectivity index (χ3v) is 3.09. The molecule has 0 saturated heterocycles. The van der Waals surface area contributed by atoms with Crippen molar-refractivity contribution in [2.24, 2.45) is 0 Å². The van der Waals surface area contributed by atoms with E-state index in [1.165, 1.54) is 0 Å². The van der Waals surface area contributed by atoms with Crippen LogP contribution in [0.3, 0.4) is 0 Å². The van der Waals surface area contributed by atoms with Crippen LogP contribution in [-0.2, 0) is 0 Å². The Hall–Kier alpha value is -0.280. The number of aliphatic hydroxyl groups excluding tert-OH is 1. The predicted octanol–water partition coefficient (Wildman–Crippen LogP) is 3.02. The quantitative estimate of drug-likeness (QED) is 0.858. The van der Waals surface area contributed by atoms with Crippen LogP contribution in [0, 0.1) is 0 Å². The second kappa shape index (κ2) is 5.71. The van der Waals surface area contributed by atoms with E-state index in [4.69, 9.17) is 28.3 Å². The highest BCUT2D eigenvalue weighted by Crippen LogP contribution is 2.29. The van der Waals surface area contributed by atoms with Crippen molar-refractivity contribution < 1.29 is 5.11 Å². The Labute approximate surface area is 100 Å². The molecule has 1 aromatic carbocycles. The van der Waals surface area contributed by atoms with Crippen LogP contribution >= 0.6 is 23.2 Å². The van der Waals surface area contributed by atoms with E-state index < -0.39 is 0 Å². The van der Waals surface area contributed by atoms with Crippen molar-refractivity contribution in [3.63, 3.8) is 0 Å². The molecule has 0 spiro atoms. The average Bonchev–Trinajstić information content (AvgIpc) is 2.21. The summed E-state index contributed by atoms with van der Waals surface area (Å²) in [6, 6.07) is 5.66. The molecular weight excluding hydrogens is 233 g/mol. The third kappa shape index (κ3) is 3.35. The number of nitrogens with one attached hydrogen (secondary N) is 1. The molecule has 1 aromatic rings. The third-order valence-electron chi connectivity index (χ3n) is 2.26. The maximum Gasteiger partial charge on any atom is 0.0639 e. The Balaban J connectivity index is 2.82. The van der Waals surface area contributed by atoms with Crippen LogP contribution in [0.2, 0.25) is 10.0 Å². The van der Waals surface area contributed by atoms with Gasteiger partial charge in [-0.25, -0.2) is 0 Å². The molecule has 0 bridgehead atoms. The molecular formula is C11H15Cl2NO. The maximum absolute atomic E-state index is 8.93. The lowest BCUT2D eigenvalue weighted by molar-refractivity contribution is 0.243. The van der Waals surface area contributed by atoms with E-state index in [1.54, 1.807) is 6.07 Å². The van der Waals surface area contributed by atoms with Gasteiger partial charge in [0, 0.05) is 12.1 Å². The molecule has 0 saturated carbocycles. The fourth-order valence-electron chi connectivity index (χ4n) is 1.42. The predicted molar refractivity (Wildman–Crippen MR) is 64.6 cm³/mol. The van der Waals surface area contributed by atoms with Crippen LogP contribution < -0.4 is 5.32 Å². The molecule has 2 atom stereocenters. The second-order valence-corrected chi connectivity index (χ2v) is 4.40. The smallest absolute Gasteiger partial charge is 0.0639 e. The number of benzene rings is 1. The lowest BCUT2D eigenvalue weighted by atomic mass is 10.1. The molecule has 2 N–H and O–H groups in total. The Bertz CT molecular complexity index is 330. The second-order valence-electron chi connectivity index (χ2n) is 3.62. The first-order valence-electron chi connectivity index (χ1n) is 4.87. The van der Waals surface area contributed by atoms with Crippen molar-refractivity contribution in [1.82, 2.24) is 5.32 Å². The largest absolute Gasteiger partial charge is 0.395 e. The molecule has 0 aliphatic rings. The Morgan fingerprint density at radius 3 is 2.60 bits per heavy atom. The van der Waals surface area contributed by atoms with Gasteiger partial charge in [-0.05, 0) is 25.5 Å². The van der Waals surface area contributed by atoms with Gasteiger partial charge in [0.25, 0.3) is 0 Å². The Morgan fingerprint density at radius 1 is 1.33 bits per heavy atom. The minimum absolute atomic E-state index is 0.0371. The number of rotatable bonds is 4. The zero-order chi connectivity index (χ0) is 11.4. The van der Waals surface area contributed by atoms with E-state index in [2.05, 4.69) is 5.32 Å². The lowest BCUT2D eigenvalue weighted by Crippen LogP contribution is -2.31. The summed E-state index contributed by atoms with van der Waals surface area (Å²) >= 11 is 12.0. The topological polar surface area (TPSA) is 32.3 Å². The van der Waals surface area contributed by atoms with Crippen LogP contribution in [0.1, 0.15) is 25.5 Å². The van der Waals surface area contributed by atoms with E-state index in [0.717, 1.165) is 5.56 Å². The van der Waals surface area contributed by atoms with E-state index >= 15 is 0 Å². The van der Waals surface area contributed by atoms with Crippen LogP contribution in [0.5, 0.6) is 0 Å². The Kier molecular flexibility index (Phi) is 4.87. The standard InChI is InChI=1S/C11H15Cl2NO/c1-7(6-15)14-8(2)9-4-3-5-10(12)11(9)13/h3-5,7-8,14-15H,6H2,1-2H3/t7-,8?/m0/s1. The Morgan fingerprint density at radius 2 is 2.00 bits per heavy atom. The molecule has 0 amide bonds. The first kappa shape index (κ1) is 12.8. The molecule has 0 heterocycles. The number of hydrogen-bond donors (Lipinski definition) is 2. The summed E-state index contributed by atoms with van der Waals surface area (Å²) in [6.07, 6.45) is 0. The molecule has 0 aromatic heterocycles. The summed E-state index contributed by atoms with van der Waals surface area (Å²) in [7, 11) is 0. The van der Waals surface area contributed by atoms with Crippen LogP contribution in [0.15, 0.2) is 18.2 Å². The van der Waals surface area contributed by atoms with Crippen molar-refractivity contribution >= 4 is 23.2 Å². The van der Waals surface area contributed by atoms with Gasteiger partial charge in [0.1, 0.15) is 0 Å². The van der Waals surface area contributed by atoms with E-state index in [9.17, 15) is 0 Å². The summed E-state index contributed by atoms with van der Waals surface area (Å²) in [4.78, 5) is 0. The van der Waals surface area contributed by atoms with Gasteiger partial charge in [-0.1, -0.05) is 35.3 Å². The van der Waals surface area contributed by atoms with Crippen molar-refractivity contribution in [2.45, 2.75) is 25.9 Å². The molecule has 15 heavy (non-hydrogen) atoms. The number of hydrogen-bond acceptors (Lipinski definition) is 2. The average molecular weight is 248 g/mol. The minimum Gasteiger partial charge on any atom is -0.395 e. The van der Waals surface area contributed by atoms with Gasteiger partial charge in [0.05, 0.1) is 16.7 Å². The molecule has 0 aliphatic carbocycles. The zero-order valence-corrected chi connectivity index (χ0v) is 10.3. The van der Waals surface area contributed by atoms with E-state index in [1.807, 2.05) is 26.0 Å². The zero-order valence-electron chi connectivity index (χ0n) is 8.80. The molecule has 84 valence electrons. The van der Waals surface area contributed by atoms with E-state index in [-0.39, 0.29) is 18.7 Å². The molecule has 0 radical (unpaired) electrons. The fraction of sp³-hybridized carbons (Fsp3) is 0.455. The lowest BCUT2D eigenvalue weighted by Gasteiger charge is -2.20. The van der Waals surface area contributed by atoms with Crippen molar-refractivity contribution in [3.05, 3.63) is 33.8 Å². The highest BCUT2D eigenvalue weighted by Gasteiger charge is 2.13. The summed E-state index contributed by atoms with van der Waals surface area (Å²) in [5.74, 6) is 0. The monoisotopic (exact) mass is 247 g/mol. The van der Waals surface area contributed by atoms with Crippen molar-refractivity contribution in [1.29, 1.82) is 0 Å². The molecule has 0 aliphatic heterocycles. The summed E-state index contributed by atoms with van der Waals surface area (Å²) in [6.45, 7) is 4.00. The SMILES string of the molecule is CC(N[C@@H](C)CO)c1cccc(Cl)c1Cl. The number of aliphatic hydroxyl groups is 1. The summed E-state index contributed by atoms with van der Waals surface area (Å²) < 4.78 is 0. The summed E-state index contributed by atoms with van der Waals surface area (Å²) in [5.41, 5.74) is 0.949. The summed E-state index contributed by atoms with van der Waals surface area (Å²) in [5, 5.41) is 13.3. The maximum atomic E-state index is 8.93. The van der Waals surface area contributed by atoms with Gasteiger partial charge in [0.2, 0.25) is 0 Å². The molecule has 2 nitrogen and oxygen atoms in total. The molecule has 1 unspecified atom stereocenters. The normalized spacial score (nSPS) is 15.0. The first-order valence-corrected chi connectivity index (χ1v) is 5.62. The van der Waals surface area contributed by atoms with Crippen molar-refractivity contribution in [2.75, 3.05) is 6.61 Å². The van der Waals surface area contributed by atoms with Crippen LogP contribution in [-0.4, -0.2) is 17.8 Å². The molecule has 1 rings (SSSR count). The van der Waals surface area contributed by atoms with Gasteiger partial charge < -0.3 is 10.4 Å². The van der Waals surface area contributed by atoms with Crippen molar-refractivity contribution in [3.8, 4) is 0 Å². The highest BCUT2D eigenvalue weighted by atomic mass is 35.5. The minimum atomic E-state index is 0.0371. The molecule has 4 heteroatoms. The van der Waals surface area contributed by atoms with E-state index in [0.29, 0.717) is 10.0 Å². The highest BCUT2D eigenvalue weighted by molar-refractivity contribution is 6.42. The molecule has 0 fully saturated rings. The van der Waals surface area contributed by atoms with Crippen LogP contribution in [0.4, 0.5) is 0 Å². The fourth-order valence-corrected chi connectivity index (χ4v) is 1.90. The first-order chi connectivity index (χ1) is 7.06. The van der Waals surface area contributed by atoms with Gasteiger partial charge in [-0.2, -0.15) is 0 Å². The van der Waals surface area contributed by atoms with Crippen LogP contribution in [0.25, 0.3) is 0 Å². The van der Waals surface area contributed by atoms with Gasteiger partial charge >= 0.3 is 0 Å². The van der Waals surface area contributed by atoms with Gasteiger partial charge in [0.15, 0.2) is 0 Å². The van der Waals surface area contributed by atoms with Gasteiger partial charge in [-0.15, -0.1) is 0 Å². The van der Waals surface area contributed by atoms with Gasteiger partial charge in [-0.3, -0.25) is 0 Å². The number of halogens is 2.